The highest BCUT2D eigenvalue weighted by atomic mass is 16.7. The Labute approximate surface area is 267 Å². The molecule has 1 saturated heterocycles. The lowest BCUT2D eigenvalue weighted by molar-refractivity contribution is -0.0606. The Balaban J connectivity index is 1.27. The molecule has 4 heterocycles. The van der Waals surface area contributed by atoms with Crippen molar-refractivity contribution in [3.63, 3.8) is 0 Å². The van der Waals surface area contributed by atoms with Gasteiger partial charge in [0.25, 0.3) is 0 Å². The van der Waals surface area contributed by atoms with Crippen LogP contribution < -0.4 is 0 Å². The molecule has 0 aliphatic carbocycles. The van der Waals surface area contributed by atoms with Crippen molar-refractivity contribution in [1.82, 2.24) is 29.1 Å². The largest absolute Gasteiger partial charge is 0.459 e. The smallest absolute Gasteiger partial charge is 0.338 e. The van der Waals surface area contributed by atoms with E-state index in [1.165, 1.54) is 12.7 Å². The quantitative estimate of drug-likeness (QED) is 0.167. The van der Waals surface area contributed by atoms with Gasteiger partial charge in [-0.15, -0.1) is 0 Å². The first-order valence-electron chi connectivity index (χ1n) is 14.6. The summed E-state index contributed by atoms with van der Waals surface area (Å²) in [4.78, 5) is 57.2. The number of fused-ring (bicyclic) bond motifs is 1. The van der Waals surface area contributed by atoms with Crippen molar-refractivity contribution in [1.29, 1.82) is 0 Å². The molecule has 13 heteroatoms. The van der Waals surface area contributed by atoms with Gasteiger partial charge in [-0.1, -0.05) is 54.6 Å². The minimum Gasteiger partial charge on any atom is -0.459 e. The van der Waals surface area contributed by atoms with Crippen molar-refractivity contribution >= 4 is 29.1 Å². The van der Waals surface area contributed by atoms with Crippen LogP contribution in [0.25, 0.3) is 17.0 Å². The standard InChI is InChI=1S/C34H26N6O7/c41-32(22-10-4-1-5-11-22)44-18-25-27(46-33(42)23-12-6-2-7-13-23)28(47-34(43)24-14-8-3-9-15-24)31(45-25)40-21-38-26-29(36-19-37-30(26)40)39-17-16-35-20-39/h1-17,19-21,25,27-28,31H,18H2/t25-,27-,28-,31-/m1/s1. The predicted molar refractivity (Wildman–Crippen MR) is 164 cm³/mol. The van der Waals surface area contributed by atoms with Crippen molar-refractivity contribution in [2.45, 2.75) is 24.5 Å². The fourth-order valence-electron chi connectivity index (χ4n) is 5.28. The van der Waals surface area contributed by atoms with Crippen LogP contribution in [0.2, 0.25) is 0 Å². The van der Waals surface area contributed by atoms with Crippen molar-refractivity contribution < 1.29 is 33.3 Å². The van der Waals surface area contributed by atoms with Gasteiger partial charge in [0.1, 0.15) is 25.4 Å². The summed E-state index contributed by atoms with van der Waals surface area (Å²) in [7, 11) is 0. The highest BCUT2D eigenvalue weighted by Crippen LogP contribution is 2.37. The number of carbonyl (C=O) groups excluding carboxylic acids is 3. The Morgan fingerprint density at radius 2 is 1.30 bits per heavy atom. The van der Waals surface area contributed by atoms with Crippen LogP contribution in [-0.2, 0) is 18.9 Å². The van der Waals surface area contributed by atoms with Crippen molar-refractivity contribution in [2.75, 3.05) is 6.61 Å². The average molecular weight is 631 g/mol. The Morgan fingerprint density at radius 1 is 0.702 bits per heavy atom. The second-order valence-electron chi connectivity index (χ2n) is 10.5. The molecule has 47 heavy (non-hydrogen) atoms. The second-order valence-corrected chi connectivity index (χ2v) is 10.5. The summed E-state index contributed by atoms with van der Waals surface area (Å²) in [5.41, 5.74) is 1.65. The van der Waals surface area contributed by atoms with E-state index in [2.05, 4.69) is 19.9 Å². The van der Waals surface area contributed by atoms with E-state index < -0.39 is 42.4 Å². The molecule has 13 nitrogen and oxygen atoms in total. The van der Waals surface area contributed by atoms with E-state index in [0.29, 0.717) is 22.5 Å². The van der Waals surface area contributed by atoms with Crippen LogP contribution in [0.1, 0.15) is 37.3 Å². The average Bonchev–Trinajstić information content (AvgIpc) is 3.88. The third kappa shape index (κ3) is 6.07. The molecule has 0 amide bonds. The molecule has 0 unspecified atom stereocenters. The maximum atomic E-state index is 13.5. The zero-order valence-corrected chi connectivity index (χ0v) is 24.6. The van der Waals surface area contributed by atoms with Gasteiger partial charge in [-0.2, -0.15) is 0 Å². The third-order valence-electron chi connectivity index (χ3n) is 7.54. The van der Waals surface area contributed by atoms with Gasteiger partial charge < -0.3 is 18.9 Å². The fraction of sp³-hybridized carbons (Fsp3) is 0.147. The zero-order chi connectivity index (χ0) is 32.2. The summed E-state index contributed by atoms with van der Waals surface area (Å²) in [5.74, 6) is -1.50. The topological polar surface area (TPSA) is 150 Å². The predicted octanol–water partition coefficient (Wildman–Crippen LogP) is 4.22. The number of benzene rings is 3. The molecule has 0 radical (unpaired) electrons. The number of ether oxygens (including phenoxy) is 4. The minimum atomic E-state index is -1.22. The molecule has 1 fully saturated rings. The summed E-state index contributed by atoms with van der Waals surface area (Å²) in [6.07, 6.45) is 3.15. The van der Waals surface area contributed by atoms with Gasteiger partial charge in [0.2, 0.25) is 0 Å². The molecule has 0 bridgehead atoms. The van der Waals surface area contributed by atoms with Crippen LogP contribution in [0.4, 0.5) is 0 Å². The first-order valence-corrected chi connectivity index (χ1v) is 14.6. The summed E-state index contributed by atoms with van der Waals surface area (Å²) in [5, 5.41) is 0. The van der Waals surface area contributed by atoms with Crippen molar-refractivity contribution in [3.05, 3.63) is 139 Å². The number of esters is 3. The van der Waals surface area contributed by atoms with Gasteiger partial charge in [0.05, 0.1) is 23.0 Å². The lowest BCUT2D eigenvalue weighted by Gasteiger charge is -2.25. The Hall–Kier alpha value is -6.21. The number of hydrogen-bond donors (Lipinski definition) is 0. The molecular formula is C34H26N6O7. The van der Waals surface area contributed by atoms with Gasteiger partial charge in [-0.3, -0.25) is 9.13 Å². The molecule has 7 rings (SSSR count). The number of imidazole rings is 2. The van der Waals surface area contributed by atoms with Gasteiger partial charge in [-0.05, 0) is 36.4 Å². The monoisotopic (exact) mass is 630 g/mol. The molecule has 0 N–H and O–H groups in total. The second kappa shape index (κ2) is 13.0. The lowest BCUT2D eigenvalue weighted by atomic mass is 10.1. The van der Waals surface area contributed by atoms with Gasteiger partial charge in [-0.25, -0.2) is 34.3 Å². The SMILES string of the molecule is O=C(OC[C@H]1O[C@@H](n2cnc3c(-n4ccnc4)ncnc32)[C@H](OC(=O)c2ccccc2)[C@@H]1OC(=O)c1ccccc1)c1ccccc1. The molecule has 6 aromatic rings. The fourth-order valence-corrected chi connectivity index (χ4v) is 5.28. The molecule has 1 aliphatic heterocycles. The van der Waals surface area contributed by atoms with E-state index in [-0.39, 0.29) is 17.7 Å². The third-order valence-corrected chi connectivity index (χ3v) is 7.54. The van der Waals surface area contributed by atoms with Crippen LogP contribution in [0.3, 0.4) is 0 Å². The number of nitrogens with zero attached hydrogens (tertiary/aromatic N) is 6. The van der Waals surface area contributed by atoms with Gasteiger partial charge in [0, 0.05) is 12.4 Å². The summed E-state index contributed by atoms with van der Waals surface area (Å²) in [6.45, 7) is -0.321. The van der Waals surface area contributed by atoms with Crippen molar-refractivity contribution in [2.24, 2.45) is 0 Å². The van der Waals surface area contributed by atoms with Gasteiger partial charge in [0.15, 0.2) is 35.4 Å². The van der Waals surface area contributed by atoms with Crippen LogP contribution in [0.15, 0.2) is 122 Å². The molecule has 1 aliphatic rings. The molecule has 234 valence electrons. The Morgan fingerprint density at radius 3 is 1.89 bits per heavy atom. The summed E-state index contributed by atoms with van der Waals surface area (Å²) >= 11 is 0. The molecule has 4 atom stereocenters. The summed E-state index contributed by atoms with van der Waals surface area (Å²) in [6, 6.07) is 25.2. The maximum Gasteiger partial charge on any atom is 0.338 e. The van der Waals surface area contributed by atoms with E-state index in [0.717, 1.165) is 0 Å². The minimum absolute atomic E-state index is 0.273. The molecule has 0 spiro atoms. The number of hydrogen-bond acceptors (Lipinski definition) is 11. The summed E-state index contributed by atoms with van der Waals surface area (Å²) < 4.78 is 27.4. The van der Waals surface area contributed by atoms with Crippen LogP contribution >= 0.6 is 0 Å². The number of aromatic nitrogens is 6. The van der Waals surface area contributed by atoms with E-state index in [4.69, 9.17) is 18.9 Å². The van der Waals surface area contributed by atoms with Crippen LogP contribution in [0, 0.1) is 0 Å². The highest BCUT2D eigenvalue weighted by Gasteiger charge is 2.52. The molecule has 3 aromatic heterocycles. The molecule has 3 aromatic carbocycles. The lowest BCUT2D eigenvalue weighted by Crippen LogP contribution is -2.41. The highest BCUT2D eigenvalue weighted by molar-refractivity contribution is 5.91. The maximum absolute atomic E-state index is 13.5. The zero-order valence-electron chi connectivity index (χ0n) is 24.6. The van der Waals surface area contributed by atoms with E-state index in [1.807, 2.05) is 0 Å². The van der Waals surface area contributed by atoms with Crippen molar-refractivity contribution in [3.8, 4) is 5.82 Å². The molecular weight excluding hydrogens is 604 g/mol. The van der Waals surface area contributed by atoms with Crippen LogP contribution in [0.5, 0.6) is 0 Å². The van der Waals surface area contributed by atoms with E-state index in [1.54, 1.807) is 119 Å². The molecule has 0 saturated carbocycles. The normalized spacial score (nSPS) is 18.9. The van der Waals surface area contributed by atoms with E-state index in [9.17, 15) is 14.4 Å². The first-order chi connectivity index (χ1) is 23.1. The number of rotatable bonds is 9. The Kier molecular flexibility index (Phi) is 8.18. The van der Waals surface area contributed by atoms with Crippen LogP contribution in [-0.4, -0.2) is 71.9 Å². The van der Waals surface area contributed by atoms with E-state index >= 15 is 0 Å². The first kappa shape index (κ1) is 29.5. The van der Waals surface area contributed by atoms with Gasteiger partial charge >= 0.3 is 17.9 Å². The number of carbonyl (C=O) groups is 3. The Bertz CT molecular complexity index is 2000.